The maximum absolute atomic E-state index is 8.92. The minimum absolute atomic E-state index is 0.204. The van der Waals surface area contributed by atoms with Crippen LogP contribution < -0.4 is 5.32 Å². The Morgan fingerprint density at radius 3 is 2.45 bits per heavy atom. The number of hydrogen-bond acceptors (Lipinski definition) is 3. The van der Waals surface area contributed by atoms with E-state index in [9.17, 15) is 0 Å². The molecule has 0 saturated heterocycles. The minimum Gasteiger partial charge on any atom is -0.396 e. The van der Waals surface area contributed by atoms with Crippen molar-refractivity contribution in [3.05, 3.63) is 0 Å². The molecule has 0 aromatic carbocycles. The summed E-state index contributed by atoms with van der Waals surface area (Å²) in [7, 11) is 0. The highest BCUT2D eigenvalue weighted by Crippen LogP contribution is 2.44. The van der Waals surface area contributed by atoms with Crippen molar-refractivity contribution in [3.8, 4) is 0 Å². The van der Waals surface area contributed by atoms with Crippen LogP contribution in [0, 0.1) is 5.41 Å². The molecule has 3 nitrogen and oxygen atoms in total. The highest BCUT2D eigenvalue weighted by molar-refractivity contribution is 4.94. The Hall–Kier alpha value is -0.120. The highest BCUT2D eigenvalue weighted by Gasteiger charge is 2.41. The van der Waals surface area contributed by atoms with Crippen molar-refractivity contribution in [2.45, 2.75) is 19.3 Å². The van der Waals surface area contributed by atoms with Gasteiger partial charge in [0.2, 0.25) is 0 Å². The summed E-state index contributed by atoms with van der Waals surface area (Å²) in [5.41, 5.74) is 0.204. The fraction of sp³-hybridized carbons (Fsp3) is 1.00. The van der Waals surface area contributed by atoms with Gasteiger partial charge in [-0.1, -0.05) is 0 Å². The molecule has 0 bridgehead atoms. The Labute approximate surface area is 67.4 Å². The first kappa shape index (κ1) is 8.97. The van der Waals surface area contributed by atoms with Gasteiger partial charge in [0.1, 0.15) is 0 Å². The van der Waals surface area contributed by atoms with Crippen LogP contribution in [0.5, 0.6) is 0 Å². The van der Waals surface area contributed by atoms with E-state index in [1.165, 1.54) is 0 Å². The van der Waals surface area contributed by atoms with Gasteiger partial charge in [0.25, 0.3) is 0 Å². The molecule has 1 saturated carbocycles. The first-order valence-corrected chi connectivity index (χ1v) is 4.25. The Balaban J connectivity index is 1.94. The molecule has 0 atom stereocenters. The van der Waals surface area contributed by atoms with E-state index in [0.717, 1.165) is 32.4 Å². The van der Waals surface area contributed by atoms with Crippen LogP contribution in [0.15, 0.2) is 0 Å². The SMILES string of the molecule is OCCCNCC1(CO)CC1. The number of nitrogens with one attached hydrogen (secondary N) is 1. The maximum Gasteiger partial charge on any atom is 0.0499 e. The van der Waals surface area contributed by atoms with Crippen LogP contribution in [0.2, 0.25) is 0 Å². The average molecular weight is 159 g/mol. The quantitative estimate of drug-likeness (QED) is 0.468. The second-order valence-electron chi connectivity index (χ2n) is 3.41. The minimum atomic E-state index is 0.204. The number of rotatable bonds is 6. The molecule has 1 fully saturated rings. The predicted molar refractivity (Wildman–Crippen MR) is 43.3 cm³/mol. The van der Waals surface area contributed by atoms with Gasteiger partial charge in [-0.3, -0.25) is 0 Å². The molecule has 1 aliphatic carbocycles. The van der Waals surface area contributed by atoms with E-state index >= 15 is 0 Å². The molecule has 0 aliphatic heterocycles. The highest BCUT2D eigenvalue weighted by atomic mass is 16.3. The molecule has 0 unspecified atom stereocenters. The van der Waals surface area contributed by atoms with Crippen molar-refractivity contribution in [1.29, 1.82) is 0 Å². The van der Waals surface area contributed by atoms with Crippen LogP contribution in [0.4, 0.5) is 0 Å². The lowest BCUT2D eigenvalue weighted by Crippen LogP contribution is -2.27. The van der Waals surface area contributed by atoms with Crippen LogP contribution >= 0.6 is 0 Å². The molecule has 0 radical (unpaired) electrons. The fourth-order valence-electron chi connectivity index (χ4n) is 1.13. The van der Waals surface area contributed by atoms with Crippen molar-refractivity contribution in [2.24, 2.45) is 5.41 Å². The van der Waals surface area contributed by atoms with Gasteiger partial charge < -0.3 is 15.5 Å². The average Bonchev–Trinajstić information content (AvgIpc) is 2.80. The molecule has 66 valence electrons. The van der Waals surface area contributed by atoms with Crippen LogP contribution in [-0.2, 0) is 0 Å². The molecule has 3 N–H and O–H groups in total. The van der Waals surface area contributed by atoms with Crippen LogP contribution in [-0.4, -0.2) is 36.5 Å². The molecule has 0 heterocycles. The second kappa shape index (κ2) is 4.04. The first-order valence-electron chi connectivity index (χ1n) is 4.25. The van der Waals surface area contributed by atoms with Gasteiger partial charge in [0.05, 0.1) is 0 Å². The molecule has 11 heavy (non-hydrogen) atoms. The smallest absolute Gasteiger partial charge is 0.0499 e. The third-order valence-electron chi connectivity index (χ3n) is 2.30. The lowest BCUT2D eigenvalue weighted by Gasteiger charge is -2.11. The monoisotopic (exact) mass is 159 g/mol. The number of aliphatic hydroxyl groups is 2. The van der Waals surface area contributed by atoms with E-state index in [1.54, 1.807) is 0 Å². The lowest BCUT2D eigenvalue weighted by atomic mass is 10.1. The molecule has 0 aromatic heterocycles. The second-order valence-corrected chi connectivity index (χ2v) is 3.41. The van der Waals surface area contributed by atoms with Gasteiger partial charge in [0.15, 0.2) is 0 Å². The van der Waals surface area contributed by atoms with Gasteiger partial charge in [0, 0.05) is 25.2 Å². The largest absolute Gasteiger partial charge is 0.396 e. The van der Waals surface area contributed by atoms with Crippen molar-refractivity contribution in [2.75, 3.05) is 26.3 Å². The molecule has 1 rings (SSSR count). The van der Waals surface area contributed by atoms with E-state index < -0.39 is 0 Å². The van der Waals surface area contributed by atoms with E-state index in [4.69, 9.17) is 10.2 Å². The molecular formula is C8H17NO2. The Kier molecular flexibility index (Phi) is 3.30. The Bertz CT molecular complexity index is 113. The number of hydrogen-bond donors (Lipinski definition) is 3. The Morgan fingerprint density at radius 1 is 1.27 bits per heavy atom. The predicted octanol–water partition coefficient (Wildman–Crippen LogP) is -0.269. The van der Waals surface area contributed by atoms with Crippen molar-refractivity contribution in [3.63, 3.8) is 0 Å². The van der Waals surface area contributed by atoms with Crippen LogP contribution in [0.3, 0.4) is 0 Å². The van der Waals surface area contributed by atoms with E-state index in [2.05, 4.69) is 5.32 Å². The molecule has 0 amide bonds. The van der Waals surface area contributed by atoms with Crippen molar-refractivity contribution >= 4 is 0 Å². The molecule has 1 aliphatic rings. The van der Waals surface area contributed by atoms with E-state index in [-0.39, 0.29) is 12.0 Å². The van der Waals surface area contributed by atoms with Crippen molar-refractivity contribution < 1.29 is 10.2 Å². The van der Waals surface area contributed by atoms with Crippen LogP contribution in [0.1, 0.15) is 19.3 Å². The third-order valence-corrected chi connectivity index (χ3v) is 2.30. The molecule has 0 spiro atoms. The normalized spacial score (nSPS) is 20.2. The molecular weight excluding hydrogens is 142 g/mol. The van der Waals surface area contributed by atoms with E-state index in [0.29, 0.717) is 6.61 Å². The topological polar surface area (TPSA) is 52.5 Å². The van der Waals surface area contributed by atoms with Crippen LogP contribution in [0.25, 0.3) is 0 Å². The van der Waals surface area contributed by atoms with Gasteiger partial charge in [-0.2, -0.15) is 0 Å². The number of aliphatic hydroxyl groups excluding tert-OH is 2. The zero-order chi connectivity index (χ0) is 8.16. The van der Waals surface area contributed by atoms with Gasteiger partial charge in [-0.25, -0.2) is 0 Å². The zero-order valence-corrected chi connectivity index (χ0v) is 6.84. The molecule has 0 aromatic rings. The first-order chi connectivity index (χ1) is 5.33. The van der Waals surface area contributed by atoms with Crippen molar-refractivity contribution in [1.82, 2.24) is 5.32 Å². The maximum atomic E-state index is 8.92. The summed E-state index contributed by atoms with van der Waals surface area (Å²) in [5, 5.41) is 20.6. The van der Waals surface area contributed by atoms with Gasteiger partial charge in [-0.05, 0) is 25.8 Å². The summed E-state index contributed by atoms with van der Waals surface area (Å²) in [6.45, 7) is 2.32. The lowest BCUT2D eigenvalue weighted by molar-refractivity contribution is 0.206. The van der Waals surface area contributed by atoms with Gasteiger partial charge in [-0.15, -0.1) is 0 Å². The Morgan fingerprint density at radius 2 is 2.00 bits per heavy atom. The summed E-state index contributed by atoms with van der Waals surface area (Å²) < 4.78 is 0. The summed E-state index contributed by atoms with van der Waals surface area (Å²) >= 11 is 0. The summed E-state index contributed by atoms with van der Waals surface area (Å²) in [5.74, 6) is 0. The standard InChI is InChI=1S/C8H17NO2/c10-5-1-4-9-6-8(7-11)2-3-8/h9-11H,1-7H2. The summed E-state index contributed by atoms with van der Waals surface area (Å²) in [6.07, 6.45) is 3.10. The zero-order valence-electron chi connectivity index (χ0n) is 6.84. The third kappa shape index (κ3) is 2.77. The summed E-state index contributed by atoms with van der Waals surface area (Å²) in [4.78, 5) is 0. The fourth-order valence-corrected chi connectivity index (χ4v) is 1.13. The van der Waals surface area contributed by atoms with E-state index in [1.807, 2.05) is 0 Å². The summed E-state index contributed by atoms with van der Waals surface area (Å²) in [6, 6.07) is 0. The van der Waals surface area contributed by atoms with Gasteiger partial charge >= 0.3 is 0 Å². The molecule has 3 heteroatoms.